The molecule has 122 valence electrons. The van der Waals surface area contributed by atoms with E-state index >= 15 is 0 Å². The molecule has 0 saturated heterocycles. The van der Waals surface area contributed by atoms with E-state index in [1.165, 1.54) is 51.5 Å². The minimum atomic E-state index is 0.343. The van der Waals surface area contributed by atoms with Crippen molar-refractivity contribution >= 4 is 0 Å². The summed E-state index contributed by atoms with van der Waals surface area (Å²) < 4.78 is 0. The highest BCUT2D eigenvalue weighted by atomic mass is 15.2. The smallest absolute Gasteiger partial charge is 0.0150 e. The zero-order valence-electron chi connectivity index (χ0n) is 15.7. The van der Waals surface area contributed by atoms with Gasteiger partial charge < -0.3 is 4.90 Å². The minimum absolute atomic E-state index is 0.343. The summed E-state index contributed by atoms with van der Waals surface area (Å²) in [4.78, 5) is 2.58. The second-order valence-electron chi connectivity index (χ2n) is 8.30. The van der Waals surface area contributed by atoms with E-state index in [1.54, 1.807) is 0 Å². The van der Waals surface area contributed by atoms with E-state index in [2.05, 4.69) is 60.4 Å². The molecule has 1 unspecified atom stereocenters. The van der Waals surface area contributed by atoms with Gasteiger partial charge in [0.1, 0.15) is 0 Å². The average Bonchev–Trinajstić information content (AvgIpc) is 2.35. The largest absolute Gasteiger partial charge is 0.301 e. The van der Waals surface area contributed by atoms with E-state index in [9.17, 15) is 0 Å². The molecule has 0 rings (SSSR count). The van der Waals surface area contributed by atoms with Crippen LogP contribution in [0.5, 0.6) is 0 Å². The highest BCUT2D eigenvalue weighted by molar-refractivity contribution is 4.81. The maximum absolute atomic E-state index is 2.58. The third kappa shape index (κ3) is 8.29. The highest BCUT2D eigenvalue weighted by Crippen LogP contribution is 2.29. The molecule has 1 heteroatoms. The molecular formula is C19H41N. The van der Waals surface area contributed by atoms with E-state index < -0.39 is 0 Å². The van der Waals surface area contributed by atoms with Crippen molar-refractivity contribution in [3.63, 3.8) is 0 Å². The number of nitrogens with zero attached hydrogens (tertiary/aromatic N) is 1. The fourth-order valence-corrected chi connectivity index (χ4v) is 2.85. The summed E-state index contributed by atoms with van der Waals surface area (Å²) in [5, 5.41) is 0. The van der Waals surface area contributed by atoms with Gasteiger partial charge in [0.25, 0.3) is 0 Å². The van der Waals surface area contributed by atoms with Gasteiger partial charge >= 0.3 is 0 Å². The van der Waals surface area contributed by atoms with Crippen LogP contribution >= 0.6 is 0 Å². The van der Waals surface area contributed by atoms with Crippen LogP contribution in [0.15, 0.2) is 0 Å². The molecule has 0 amide bonds. The van der Waals surface area contributed by atoms with Crippen LogP contribution in [0, 0.1) is 11.3 Å². The lowest BCUT2D eigenvalue weighted by atomic mass is 9.83. The fraction of sp³-hybridized carbons (Fsp3) is 1.00. The Balaban J connectivity index is 4.13. The van der Waals surface area contributed by atoms with Crippen molar-refractivity contribution in [2.45, 2.75) is 99.0 Å². The highest BCUT2D eigenvalue weighted by Gasteiger charge is 2.25. The Morgan fingerprint density at radius 2 is 1.55 bits per heavy atom. The molecule has 0 aromatic heterocycles. The molecule has 1 nitrogen and oxygen atoms in total. The second-order valence-corrected chi connectivity index (χ2v) is 8.30. The zero-order valence-corrected chi connectivity index (χ0v) is 15.7. The second kappa shape index (κ2) is 9.07. The van der Waals surface area contributed by atoms with Crippen molar-refractivity contribution in [3.8, 4) is 0 Å². The van der Waals surface area contributed by atoms with Crippen LogP contribution < -0.4 is 0 Å². The van der Waals surface area contributed by atoms with Crippen molar-refractivity contribution in [2.75, 3.05) is 13.6 Å². The van der Waals surface area contributed by atoms with Gasteiger partial charge in [-0.25, -0.2) is 0 Å². The van der Waals surface area contributed by atoms with E-state index in [4.69, 9.17) is 0 Å². The van der Waals surface area contributed by atoms with E-state index in [1.807, 2.05) is 0 Å². The molecule has 0 N–H and O–H groups in total. The Morgan fingerprint density at radius 3 is 2.05 bits per heavy atom. The Morgan fingerprint density at radius 1 is 0.950 bits per heavy atom. The first-order chi connectivity index (χ1) is 9.14. The predicted octanol–water partition coefficient (Wildman–Crippen LogP) is 6.13. The number of hydrogen-bond acceptors (Lipinski definition) is 1. The van der Waals surface area contributed by atoms with Gasteiger partial charge in [-0.3, -0.25) is 0 Å². The van der Waals surface area contributed by atoms with Crippen LogP contribution in [-0.4, -0.2) is 24.0 Å². The van der Waals surface area contributed by atoms with Crippen molar-refractivity contribution in [2.24, 2.45) is 11.3 Å². The van der Waals surface area contributed by atoms with E-state index in [0.29, 0.717) is 11.0 Å². The van der Waals surface area contributed by atoms with Gasteiger partial charge in [0.05, 0.1) is 0 Å². The molecule has 0 aliphatic rings. The van der Waals surface area contributed by atoms with Crippen molar-refractivity contribution in [1.29, 1.82) is 0 Å². The number of hydrogen-bond donors (Lipinski definition) is 0. The Labute approximate surface area is 129 Å². The Hall–Kier alpha value is -0.0400. The molecule has 0 fully saturated rings. The first-order valence-corrected chi connectivity index (χ1v) is 8.86. The average molecular weight is 284 g/mol. The van der Waals surface area contributed by atoms with Crippen LogP contribution in [0.4, 0.5) is 0 Å². The van der Waals surface area contributed by atoms with Gasteiger partial charge in [0.15, 0.2) is 0 Å². The molecule has 0 saturated carbocycles. The standard InChI is InChI=1S/C19H41N/c1-9-13-18(4,5)15-16-20(8)19(6,7)14-11-12-17(3)10-2/h17H,9-16H2,1-8H3. The molecule has 0 spiro atoms. The van der Waals surface area contributed by atoms with Crippen molar-refractivity contribution in [1.82, 2.24) is 4.90 Å². The van der Waals surface area contributed by atoms with Crippen LogP contribution in [-0.2, 0) is 0 Å². The number of rotatable bonds is 11. The van der Waals surface area contributed by atoms with Crippen LogP contribution in [0.3, 0.4) is 0 Å². The molecule has 0 aliphatic carbocycles. The summed E-state index contributed by atoms with van der Waals surface area (Å²) in [5.74, 6) is 0.889. The third-order valence-corrected chi connectivity index (χ3v) is 5.27. The molecule has 0 bridgehead atoms. The van der Waals surface area contributed by atoms with Gasteiger partial charge in [0.2, 0.25) is 0 Å². The zero-order chi connectivity index (χ0) is 15.8. The molecule has 0 aromatic rings. The quantitative estimate of drug-likeness (QED) is 0.441. The van der Waals surface area contributed by atoms with Crippen LogP contribution in [0.1, 0.15) is 93.4 Å². The summed E-state index contributed by atoms with van der Waals surface area (Å²) in [7, 11) is 2.31. The first-order valence-electron chi connectivity index (χ1n) is 8.86. The third-order valence-electron chi connectivity index (χ3n) is 5.27. The van der Waals surface area contributed by atoms with E-state index in [0.717, 1.165) is 5.92 Å². The Bertz CT molecular complexity index is 242. The lowest BCUT2D eigenvalue weighted by Crippen LogP contribution is -2.42. The van der Waals surface area contributed by atoms with Gasteiger partial charge in [0, 0.05) is 5.54 Å². The molecule has 0 heterocycles. The monoisotopic (exact) mass is 283 g/mol. The van der Waals surface area contributed by atoms with Gasteiger partial charge in [-0.05, 0) is 58.0 Å². The van der Waals surface area contributed by atoms with Crippen molar-refractivity contribution < 1.29 is 0 Å². The van der Waals surface area contributed by atoms with Gasteiger partial charge in [-0.1, -0.05) is 60.3 Å². The Kier molecular flexibility index (Phi) is 9.06. The first kappa shape index (κ1) is 20.0. The SMILES string of the molecule is CCCC(C)(C)CCN(C)C(C)(C)CCCC(C)CC. The summed E-state index contributed by atoms with van der Waals surface area (Å²) in [6.45, 7) is 17.9. The van der Waals surface area contributed by atoms with E-state index in [-0.39, 0.29) is 0 Å². The normalized spacial score (nSPS) is 14.8. The summed E-state index contributed by atoms with van der Waals surface area (Å²) in [6, 6.07) is 0. The lowest BCUT2D eigenvalue weighted by Gasteiger charge is -2.38. The predicted molar refractivity (Wildman–Crippen MR) is 93.3 cm³/mol. The maximum atomic E-state index is 2.58. The molecule has 1 atom stereocenters. The topological polar surface area (TPSA) is 3.24 Å². The van der Waals surface area contributed by atoms with Crippen molar-refractivity contribution in [3.05, 3.63) is 0 Å². The van der Waals surface area contributed by atoms with Gasteiger partial charge in [-0.2, -0.15) is 0 Å². The summed E-state index contributed by atoms with van der Waals surface area (Å²) >= 11 is 0. The minimum Gasteiger partial charge on any atom is -0.301 e. The molecule has 20 heavy (non-hydrogen) atoms. The molecule has 0 aromatic carbocycles. The molecular weight excluding hydrogens is 242 g/mol. The fourth-order valence-electron chi connectivity index (χ4n) is 2.85. The molecule has 0 radical (unpaired) electrons. The summed E-state index contributed by atoms with van der Waals surface area (Å²) in [5.41, 5.74) is 0.839. The summed E-state index contributed by atoms with van der Waals surface area (Å²) in [6.07, 6.45) is 9.35. The van der Waals surface area contributed by atoms with Crippen LogP contribution in [0.2, 0.25) is 0 Å². The van der Waals surface area contributed by atoms with Gasteiger partial charge in [-0.15, -0.1) is 0 Å². The van der Waals surface area contributed by atoms with Crippen LogP contribution in [0.25, 0.3) is 0 Å². The lowest BCUT2D eigenvalue weighted by molar-refractivity contribution is 0.118. The maximum Gasteiger partial charge on any atom is 0.0150 e. The molecule has 0 aliphatic heterocycles.